The Hall–Kier alpha value is -3.13. The molecule has 3 N–H and O–H groups in total. The lowest BCUT2D eigenvalue weighted by molar-refractivity contribution is -0.118. The predicted molar refractivity (Wildman–Crippen MR) is 114 cm³/mol. The van der Waals surface area contributed by atoms with Gasteiger partial charge in [-0.05, 0) is 36.6 Å². The minimum Gasteiger partial charge on any atom is -0.368 e. The molecular formula is C21H24N4O3S. The summed E-state index contributed by atoms with van der Waals surface area (Å²) in [6.45, 7) is 2.15. The van der Waals surface area contributed by atoms with Crippen LogP contribution in [0, 0.1) is 0 Å². The molecule has 0 fully saturated rings. The molecule has 2 aromatic carbocycles. The van der Waals surface area contributed by atoms with E-state index in [2.05, 4.69) is 16.9 Å². The van der Waals surface area contributed by atoms with Crippen molar-refractivity contribution in [2.24, 2.45) is 10.8 Å². The second-order valence-electron chi connectivity index (χ2n) is 6.80. The van der Waals surface area contributed by atoms with Crippen LogP contribution in [-0.4, -0.2) is 25.1 Å². The number of sulfonamides is 1. The van der Waals surface area contributed by atoms with Crippen LogP contribution in [0.1, 0.15) is 30.9 Å². The van der Waals surface area contributed by atoms with Gasteiger partial charge in [-0.15, -0.1) is 0 Å². The van der Waals surface area contributed by atoms with Crippen LogP contribution in [-0.2, 0) is 27.8 Å². The number of para-hydroxylation sites is 1. The Labute approximate surface area is 170 Å². The van der Waals surface area contributed by atoms with Crippen molar-refractivity contribution in [1.29, 1.82) is 0 Å². The number of hydrogen-bond donors (Lipinski definition) is 2. The molecule has 1 heterocycles. The van der Waals surface area contributed by atoms with Crippen LogP contribution in [0.5, 0.6) is 0 Å². The summed E-state index contributed by atoms with van der Waals surface area (Å²) in [6.07, 6.45) is 6.23. The standard InChI is InChI=1S/C21H24N4O3S/c1-2-3-6-16-9-11-18(12-10-16)29(27,28)24-23-13-17-14-25(15-21(22)26)20-8-5-4-7-19(17)20/h4-5,7-14,24H,2-3,6,15H2,1H3,(H2,22,26)/b23-13-. The summed E-state index contributed by atoms with van der Waals surface area (Å²) in [7, 11) is -3.76. The van der Waals surface area contributed by atoms with Crippen molar-refractivity contribution in [2.45, 2.75) is 37.6 Å². The lowest BCUT2D eigenvalue weighted by Gasteiger charge is -2.05. The number of carbonyl (C=O) groups is 1. The molecule has 0 spiro atoms. The van der Waals surface area contributed by atoms with Crippen LogP contribution < -0.4 is 10.6 Å². The van der Waals surface area contributed by atoms with Gasteiger partial charge in [-0.25, -0.2) is 4.83 Å². The Morgan fingerprint density at radius 1 is 1.17 bits per heavy atom. The number of fused-ring (bicyclic) bond motifs is 1. The van der Waals surface area contributed by atoms with Gasteiger partial charge in [-0.2, -0.15) is 13.5 Å². The van der Waals surface area contributed by atoms with Crippen LogP contribution in [0.3, 0.4) is 0 Å². The van der Waals surface area contributed by atoms with Gasteiger partial charge in [0.15, 0.2) is 0 Å². The summed E-state index contributed by atoms with van der Waals surface area (Å²) in [5, 5.41) is 4.76. The van der Waals surface area contributed by atoms with Crippen molar-refractivity contribution in [3.63, 3.8) is 0 Å². The van der Waals surface area contributed by atoms with Crippen molar-refractivity contribution >= 4 is 33.0 Å². The summed E-state index contributed by atoms with van der Waals surface area (Å²) in [5.74, 6) is -0.461. The number of nitrogens with two attached hydrogens (primary N) is 1. The van der Waals surface area contributed by atoms with E-state index in [1.165, 1.54) is 6.21 Å². The summed E-state index contributed by atoms with van der Waals surface area (Å²) in [6, 6.07) is 14.3. The highest BCUT2D eigenvalue weighted by atomic mass is 32.2. The molecule has 0 bridgehead atoms. The van der Waals surface area contributed by atoms with E-state index in [9.17, 15) is 13.2 Å². The summed E-state index contributed by atoms with van der Waals surface area (Å²) in [4.78, 5) is 13.7. The van der Waals surface area contributed by atoms with Crippen LogP contribution in [0.25, 0.3) is 10.9 Å². The quantitative estimate of drug-likeness (QED) is 0.417. The van der Waals surface area contributed by atoms with Gasteiger partial charge in [-0.3, -0.25) is 4.79 Å². The van der Waals surface area contributed by atoms with E-state index in [1.807, 2.05) is 36.4 Å². The number of hydrazone groups is 1. The largest absolute Gasteiger partial charge is 0.368 e. The molecule has 8 heteroatoms. The molecule has 0 saturated carbocycles. The number of carbonyl (C=O) groups excluding carboxylic acids is 1. The van der Waals surface area contributed by atoms with Gasteiger partial charge in [0.25, 0.3) is 10.0 Å². The zero-order valence-electron chi connectivity index (χ0n) is 16.2. The molecule has 0 aliphatic rings. The van der Waals surface area contributed by atoms with Crippen molar-refractivity contribution in [1.82, 2.24) is 9.40 Å². The normalized spacial score (nSPS) is 11.9. The number of aromatic nitrogens is 1. The fourth-order valence-electron chi connectivity index (χ4n) is 3.11. The van der Waals surface area contributed by atoms with Crippen LogP contribution in [0.15, 0.2) is 64.7 Å². The maximum Gasteiger partial charge on any atom is 0.276 e. The number of amides is 1. The second kappa shape index (κ2) is 8.91. The van der Waals surface area contributed by atoms with E-state index in [0.29, 0.717) is 5.56 Å². The second-order valence-corrected chi connectivity index (χ2v) is 8.46. The average Bonchev–Trinajstić information content (AvgIpc) is 3.04. The predicted octanol–water partition coefficient (Wildman–Crippen LogP) is 2.78. The number of benzene rings is 2. The Morgan fingerprint density at radius 3 is 2.59 bits per heavy atom. The molecule has 1 aromatic heterocycles. The first-order valence-corrected chi connectivity index (χ1v) is 10.9. The molecule has 3 rings (SSSR count). The summed E-state index contributed by atoms with van der Waals surface area (Å²) < 4.78 is 26.7. The third-order valence-corrected chi connectivity index (χ3v) is 5.81. The maximum absolute atomic E-state index is 12.5. The highest BCUT2D eigenvalue weighted by Crippen LogP contribution is 2.20. The number of rotatable bonds is 9. The van der Waals surface area contributed by atoms with Crippen LogP contribution in [0.4, 0.5) is 0 Å². The van der Waals surface area contributed by atoms with E-state index in [-0.39, 0.29) is 11.4 Å². The van der Waals surface area contributed by atoms with Crippen molar-refractivity contribution in [3.8, 4) is 0 Å². The number of unbranched alkanes of at least 4 members (excludes halogenated alkanes) is 1. The Bertz CT molecular complexity index is 1130. The molecule has 152 valence electrons. The monoisotopic (exact) mass is 412 g/mol. The highest BCUT2D eigenvalue weighted by Gasteiger charge is 2.13. The average molecular weight is 413 g/mol. The smallest absolute Gasteiger partial charge is 0.276 e. The topological polar surface area (TPSA) is 107 Å². The van der Waals surface area contributed by atoms with Crippen LogP contribution >= 0.6 is 0 Å². The van der Waals surface area contributed by atoms with Crippen molar-refractivity contribution < 1.29 is 13.2 Å². The van der Waals surface area contributed by atoms with Gasteiger partial charge in [0.2, 0.25) is 5.91 Å². The van der Waals surface area contributed by atoms with E-state index in [0.717, 1.165) is 35.7 Å². The Kier molecular flexibility index (Phi) is 6.33. The number of aryl methyl sites for hydroxylation is 1. The third kappa shape index (κ3) is 5.03. The van der Waals surface area contributed by atoms with Gasteiger partial charge in [0, 0.05) is 22.7 Å². The maximum atomic E-state index is 12.5. The minimum atomic E-state index is -3.76. The van der Waals surface area contributed by atoms with Crippen molar-refractivity contribution in [2.75, 3.05) is 0 Å². The van der Waals surface area contributed by atoms with Gasteiger partial charge in [0.05, 0.1) is 11.1 Å². The fourth-order valence-corrected chi connectivity index (χ4v) is 3.90. The first kappa shape index (κ1) is 20.6. The number of hydrogen-bond acceptors (Lipinski definition) is 4. The number of nitrogens with zero attached hydrogens (tertiary/aromatic N) is 2. The Balaban J connectivity index is 1.77. The van der Waals surface area contributed by atoms with E-state index in [4.69, 9.17) is 5.73 Å². The first-order chi connectivity index (χ1) is 13.9. The van der Waals surface area contributed by atoms with E-state index in [1.54, 1.807) is 22.9 Å². The van der Waals surface area contributed by atoms with Gasteiger partial charge < -0.3 is 10.3 Å². The molecule has 1 amide bonds. The molecule has 0 radical (unpaired) electrons. The van der Waals surface area contributed by atoms with Gasteiger partial charge in [-0.1, -0.05) is 43.7 Å². The summed E-state index contributed by atoms with van der Waals surface area (Å²) >= 11 is 0. The van der Waals surface area contributed by atoms with Crippen LogP contribution in [0.2, 0.25) is 0 Å². The molecule has 0 aliphatic heterocycles. The fraction of sp³-hybridized carbons (Fsp3) is 0.238. The molecule has 3 aromatic rings. The number of primary amides is 1. The van der Waals surface area contributed by atoms with Gasteiger partial charge in [0.1, 0.15) is 6.54 Å². The Morgan fingerprint density at radius 2 is 1.90 bits per heavy atom. The zero-order valence-corrected chi connectivity index (χ0v) is 17.0. The molecule has 7 nitrogen and oxygen atoms in total. The van der Waals surface area contributed by atoms with E-state index < -0.39 is 15.9 Å². The number of nitrogens with one attached hydrogen (secondary N) is 1. The lowest BCUT2D eigenvalue weighted by atomic mass is 10.1. The molecule has 0 atom stereocenters. The van der Waals surface area contributed by atoms with Gasteiger partial charge >= 0.3 is 0 Å². The zero-order chi connectivity index (χ0) is 20.9. The first-order valence-electron chi connectivity index (χ1n) is 9.40. The highest BCUT2D eigenvalue weighted by molar-refractivity contribution is 7.89. The summed E-state index contributed by atoms with van der Waals surface area (Å²) in [5.41, 5.74) is 7.90. The van der Waals surface area contributed by atoms with E-state index >= 15 is 0 Å². The molecule has 0 aliphatic carbocycles. The molecule has 29 heavy (non-hydrogen) atoms. The minimum absolute atomic E-state index is 0.0322. The lowest BCUT2D eigenvalue weighted by Crippen LogP contribution is -2.18. The SMILES string of the molecule is CCCCc1ccc(S(=O)(=O)N/N=C\c2cn(CC(N)=O)c3ccccc23)cc1. The molecule has 0 unspecified atom stereocenters. The van der Waals surface area contributed by atoms with Crippen molar-refractivity contribution in [3.05, 3.63) is 65.9 Å². The molecule has 0 saturated heterocycles. The third-order valence-electron chi connectivity index (χ3n) is 4.57. The molecular weight excluding hydrogens is 388 g/mol.